The fourth-order valence-electron chi connectivity index (χ4n) is 3.65. The normalized spacial score (nSPS) is 10.9. The molecule has 0 unspecified atom stereocenters. The van der Waals surface area contributed by atoms with Crippen LogP contribution in [0.15, 0.2) is 83.3 Å². The van der Waals surface area contributed by atoms with Crippen LogP contribution in [0.1, 0.15) is 29.3 Å². The number of hydrazone groups is 1. The van der Waals surface area contributed by atoms with E-state index in [-0.39, 0.29) is 12.4 Å². The minimum Gasteiger partial charge on any atom is -0.466 e. The van der Waals surface area contributed by atoms with Crippen molar-refractivity contribution < 1.29 is 9.53 Å². The summed E-state index contributed by atoms with van der Waals surface area (Å²) in [7, 11) is 0. The van der Waals surface area contributed by atoms with E-state index in [2.05, 4.69) is 94.9 Å². The van der Waals surface area contributed by atoms with Crippen LogP contribution < -0.4 is 10.3 Å². The highest BCUT2D eigenvalue weighted by Crippen LogP contribution is 2.35. The molecule has 3 aromatic carbocycles. The second-order valence-electron chi connectivity index (χ2n) is 8.10. The molecule has 0 bridgehead atoms. The van der Waals surface area contributed by atoms with Crippen molar-refractivity contribution in [1.82, 2.24) is 4.98 Å². The number of carbonyl (C=O) groups is 1. The molecule has 7 heteroatoms. The van der Waals surface area contributed by atoms with Crippen LogP contribution in [0.25, 0.3) is 0 Å². The molecule has 0 aliphatic carbocycles. The number of nitrogens with zero attached hydrogens (tertiary/aromatic N) is 3. The Kier molecular flexibility index (Phi) is 7.90. The Morgan fingerprint density at radius 2 is 1.66 bits per heavy atom. The van der Waals surface area contributed by atoms with Crippen LogP contribution in [-0.4, -0.2) is 23.8 Å². The summed E-state index contributed by atoms with van der Waals surface area (Å²) >= 11 is 1.40. The van der Waals surface area contributed by atoms with E-state index in [0.717, 1.165) is 22.6 Å². The van der Waals surface area contributed by atoms with Gasteiger partial charge >= 0.3 is 5.97 Å². The predicted molar refractivity (Wildman–Crippen MR) is 144 cm³/mol. The van der Waals surface area contributed by atoms with Crippen molar-refractivity contribution in [3.05, 3.63) is 101 Å². The van der Waals surface area contributed by atoms with E-state index < -0.39 is 0 Å². The second kappa shape index (κ2) is 11.4. The summed E-state index contributed by atoms with van der Waals surface area (Å²) in [6, 6.07) is 25.2. The second-order valence-corrected chi connectivity index (χ2v) is 8.96. The Morgan fingerprint density at radius 1 is 1.00 bits per heavy atom. The Morgan fingerprint density at radius 3 is 2.26 bits per heavy atom. The molecule has 4 rings (SSSR count). The number of thiazole rings is 1. The van der Waals surface area contributed by atoms with E-state index in [1.54, 1.807) is 13.1 Å². The van der Waals surface area contributed by atoms with E-state index in [1.807, 2.05) is 17.5 Å². The molecule has 0 atom stereocenters. The number of aromatic nitrogens is 1. The molecule has 0 saturated carbocycles. The zero-order valence-electron chi connectivity index (χ0n) is 20.1. The molecule has 1 N–H and O–H groups in total. The number of anilines is 4. The third kappa shape index (κ3) is 6.55. The average molecular weight is 485 g/mol. The molecule has 0 amide bonds. The maximum absolute atomic E-state index is 11.6. The summed E-state index contributed by atoms with van der Waals surface area (Å²) < 4.78 is 4.96. The van der Waals surface area contributed by atoms with Gasteiger partial charge in [-0.05, 0) is 73.9 Å². The molecule has 0 aliphatic heterocycles. The highest BCUT2D eigenvalue weighted by Gasteiger charge is 2.13. The number of carbonyl (C=O) groups excluding carboxylic acids is 1. The van der Waals surface area contributed by atoms with Crippen molar-refractivity contribution in [3.63, 3.8) is 0 Å². The number of nitrogens with one attached hydrogen (secondary N) is 1. The number of benzene rings is 3. The summed E-state index contributed by atoms with van der Waals surface area (Å²) in [5.74, 6) is -0.279. The van der Waals surface area contributed by atoms with Crippen LogP contribution in [0.4, 0.5) is 22.2 Å². The highest BCUT2D eigenvalue weighted by atomic mass is 32.1. The topological polar surface area (TPSA) is 66.8 Å². The Balaban J connectivity index is 1.48. The Labute approximate surface area is 209 Å². The molecule has 35 heavy (non-hydrogen) atoms. The number of ether oxygens (including phenoxy) is 1. The first-order valence-corrected chi connectivity index (χ1v) is 12.3. The maximum atomic E-state index is 11.6. The zero-order chi connectivity index (χ0) is 24.6. The van der Waals surface area contributed by atoms with Gasteiger partial charge in [-0.1, -0.05) is 36.4 Å². The number of esters is 1. The lowest BCUT2D eigenvalue weighted by molar-refractivity contribution is -0.142. The average Bonchev–Trinajstić information content (AvgIpc) is 3.27. The van der Waals surface area contributed by atoms with Crippen LogP contribution in [0.5, 0.6) is 0 Å². The van der Waals surface area contributed by atoms with Crippen molar-refractivity contribution >= 4 is 45.7 Å². The third-order valence-electron chi connectivity index (χ3n) is 5.23. The van der Waals surface area contributed by atoms with Crippen molar-refractivity contribution in [3.8, 4) is 0 Å². The van der Waals surface area contributed by atoms with E-state index >= 15 is 0 Å². The maximum Gasteiger partial charge on any atom is 0.311 e. The third-order valence-corrected chi connectivity index (χ3v) is 6.02. The molecule has 178 valence electrons. The van der Waals surface area contributed by atoms with Crippen LogP contribution in [0, 0.1) is 13.8 Å². The molecule has 0 aliphatic rings. The molecule has 1 heterocycles. The van der Waals surface area contributed by atoms with Crippen molar-refractivity contribution in [1.29, 1.82) is 0 Å². The molecule has 0 radical (unpaired) electrons. The van der Waals surface area contributed by atoms with Crippen LogP contribution in [-0.2, 0) is 16.0 Å². The summed E-state index contributed by atoms with van der Waals surface area (Å²) in [5, 5.41) is 6.75. The quantitative estimate of drug-likeness (QED) is 0.161. The van der Waals surface area contributed by atoms with Gasteiger partial charge in [-0.2, -0.15) is 5.10 Å². The Hall–Kier alpha value is -3.97. The van der Waals surface area contributed by atoms with Crippen molar-refractivity contribution in [2.45, 2.75) is 27.2 Å². The van der Waals surface area contributed by atoms with Crippen molar-refractivity contribution in [2.24, 2.45) is 5.10 Å². The zero-order valence-corrected chi connectivity index (χ0v) is 20.9. The Bertz CT molecular complexity index is 1270. The smallest absolute Gasteiger partial charge is 0.311 e. The summed E-state index contributed by atoms with van der Waals surface area (Å²) in [5.41, 5.74) is 10.3. The number of hydrogen-bond donors (Lipinski definition) is 1. The van der Waals surface area contributed by atoms with Gasteiger partial charge in [-0.25, -0.2) is 4.98 Å². The predicted octanol–water partition coefficient (Wildman–Crippen LogP) is 6.78. The molecular formula is C28H28N4O2S. The molecule has 1 aromatic heterocycles. The van der Waals surface area contributed by atoms with Gasteiger partial charge in [0.1, 0.15) is 0 Å². The number of hydrogen-bond acceptors (Lipinski definition) is 7. The largest absolute Gasteiger partial charge is 0.466 e. The van der Waals surface area contributed by atoms with Gasteiger partial charge in [0.15, 0.2) is 0 Å². The molecule has 0 saturated heterocycles. The van der Waals surface area contributed by atoms with Gasteiger partial charge in [-0.3, -0.25) is 10.2 Å². The van der Waals surface area contributed by atoms with Gasteiger partial charge in [-0.15, -0.1) is 11.3 Å². The van der Waals surface area contributed by atoms with E-state index in [1.165, 1.54) is 22.5 Å². The fraction of sp³-hybridized carbons (Fsp3) is 0.179. The van der Waals surface area contributed by atoms with E-state index in [9.17, 15) is 4.79 Å². The fourth-order valence-corrected chi connectivity index (χ4v) is 4.31. The van der Waals surface area contributed by atoms with Gasteiger partial charge < -0.3 is 9.64 Å². The van der Waals surface area contributed by atoms with Gasteiger partial charge in [0, 0.05) is 22.4 Å². The summed E-state index contributed by atoms with van der Waals surface area (Å²) in [6.07, 6.45) is 1.91. The van der Waals surface area contributed by atoms with Crippen molar-refractivity contribution in [2.75, 3.05) is 16.9 Å². The molecule has 6 nitrogen and oxygen atoms in total. The minimum absolute atomic E-state index is 0.162. The summed E-state index contributed by atoms with van der Waals surface area (Å²) in [6.45, 7) is 6.36. The number of rotatable bonds is 9. The van der Waals surface area contributed by atoms with Crippen LogP contribution >= 0.6 is 11.3 Å². The van der Waals surface area contributed by atoms with Crippen LogP contribution in [0.2, 0.25) is 0 Å². The summed E-state index contributed by atoms with van der Waals surface area (Å²) in [4.78, 5) is 18.2. The number of aryl methyl sites for hydroxylation is 2. The van der Waals surface area contributed by atoms with E-state index in [0.29, 0.717) is 17.4 Å². The standard InChI is InChI=1S/C28H28N4O2S/c1-4-34-27(33)17-23-19-35-28(30-23)31-29-18-22-11-13-24(14-12-22)32(25-9-5-7-20(2)15-25)26-10-6-8-21(3)16-26/h5-16,18-19H,4,17H2,1-3H3,(H,30,31). The van der Waals surface area contributed by atoms with Gasteiger partial charge in [0.05, 0.1) is 24.9 Å². The lowest BCUT2D eigenvalue weighted by atomic mass is 10.1. The minimum atomic E-state index is -0.279. The first kappa shape index (κ1) is 24.2. The molecular weight excluding hydrogens is 456 g/mol. The van der Waals surface area contributed by atoms with Gasteiger partial charge in [0.25, 0.3) is 0 Å². The molecule has 0 fully saturated rings. The first-order chi connectivity index (χ1) is 17.0. The van der Waals surface area contributed by atoms with Gasteiger partial charge in [0.2, 0.25) is 5.13 Å². The molecule has 0 spiro atoms. The van der Waals surface area contributed by atoms with Crippen LogP contribution in [0.3, 0.4) is 0 Å². The van der Waals surface area contributed by atoms with E-state index in [4.69, 9.17) is 4.74 Å². The highest BCUT2D eigenvalue weighted by molar-refractivity contribution is 7.13. The first-order valence-electron chi connectivity index (χ1n) is 11.4. The molecule has 4 aromatic rings. The monoisotopic (exact) mass is 484 g/mol. The lowest BCUT2D eigenvalue weighted by Crippen LogP contribution is -2.10. The lowest BCUT2D eigenvalue weighted by Gasteiger charge is -2.26. The SMILES string of the molecule is CCOC(=O)Cc1csc(NN=Cc2ccc(N(c3cccc(C)c3)c3cccc(C)c3)cc2)n1.